The minimum atomic E-state index is 0.393. The van der Waals surface area contributed by atoms with Crippen molar-refractivity contribution < 1.29 is 9.53 Å². The molecule has 1 aliphatic carbocycles. The molecule has 0 bridgehead atoms. The van der Waals surface area contributed by atoms with E-state index in [1.165, 1.54) is 18.4 Å². The first kappa shape index (κ1) is 9.91. The molecule has 0 saturated carbocycles. The van der Waals surface area contributed by atoms with Gasteiger partial charge in [-0.25, -0.2) is 0 Å². The zero-order valence-electron chi connectivity index (χ0n) is 8.84. The average molecular weight is 194 g/mol. The standard InChI is InChI=1S/C12H18O2/c1-2-3-4-5-10-11-8-14-7-9(11)6-12(10)13/h9H,2-8H2,1H3. The molecule has 1 atom stereocenters. The van der Waals surface area contributed by atoms with Crippen LogP contribution in [0.2, 0.25) is 0 Å². The molecule has 2 heteroatoms. The summed E-state index contributed by atoms with van der Waals surface area (Å²) in [5.74, 6) is 0.837. The number of carbonyl (C=O) groups excluding carboxylic acids is 1. The van der Waals surface area contributed by atoms with Crippen molar-refractivity contribution in [2.75, 3.05) is 13.2 Å². The van der Waals surface area contributed by atoms with E-state index in [0.29, 0.717) is 11.7 Å². The van der Waals surface area contributed by atoms with Gasteiger partial charge in [-0.2, -0.15) is 0 Å². The predicted molar refractivity (Wildman–Crippen MR) is 55.1 cm³/mol. The first-order chi connectivity index (χ1) is 6.83. The van der Waals surface area contributed by atoms with Crippen molar-refractivity contribution >= 4 is 5.78 Å². The van der Waals surface area contributed by atoms with Crippen LogP contribution in [0.1, 0.15) is 39.0 Å². The minimum Gasteiger partial charge on any atom is -0.376 e. The number of allylic oxidation sites excluding steroid dienone is 1. The smallest absolute Gasteiger partial charge is 0.159 e. The van der Waals surface area contributed by atoms with Crippen molar-refractivity contribution in [3.8, 4) is 0 Å². The molecule has 0 aromatic carbocycles. The highest BCUT2D eigenvalue weighted by molar-refractivity contribution is 5.99. The Labute approximate surface area is 85.3 Å². The molecule has 1 aliphatic heterocycles. The molecule has 14 heavy (non-hydrogen) atoms. The third-order valence-electron chi connectivity index (χ3n) is 3.26. The largest absolute Gasteiger partial charge is 0.376 e. The van der Waals surface area contributed by atoms with E-state index in [1.807, 2.05) is 0 Å². The van der Waals surface area contributed by atoms with Crippen LogP contribution < -0.4 is 0 Å². The maximum atomic E-state index is 11.7. The number of Topliss-reactive ketones (excluding diaryl/α,β-unsaturated/α-hetero) is 1. The fourth-order valence-electron chi connectivity index (χ4n) is 2.42. The van der Waals surface area contributed by atoms with Gasteiger partial charge in [0.25, 0.3) is 0 Å². The van der Waals surface area contributed by atoms with Gasteiger partial charge in [0.1, 0.15) is 0 Å². The van der Waals surface area contributed by atoms with Gasteiger partial charge in [-0.1, -0.05) is 19.8 Å². The molecule has 0 amide bonds. The molecule has 1 heterocycles. The first-order valence-corrected chi connectivity index (χ1v) is 5.65. The summed E-state index contributed by atoms with van der Waals surface area (Å²) in [5, 5.41) is 0. The van der Waals surface area contributed by atoms with Gasteiger partial charge in [-0.05, 0) is 24.0 Å². The summed E-state index contributed by atoms with van der Waals surface area (Å²) in [7, 11) is 0. The Bertz CT molecular complexity index is 265. The summed E-state index contributed by atoms with van der Waals surface area (Å²) in [6.45, 7) is 3.69. The van der Waals surface area contributed by atoms with Gasteiger partial charge in [-0.3, -0.25) is 4.79 Å². The molecule has 1 fully saturated rings. The molecule has 0 aromatic heterocycles. The van der Waals surface area contributed by atoms with Gasteiger partial charge in [0, 0.05) is 12.3 Å². The van der Waals surface area contributed by atoms with Gasteiger partial charge in [0.05, 0.1) is 13.2 Å². The summed E-state index contributed by atoms with van der Waals surface area (Å²) in [5.41, 5.74) is 2.44. The van der Waals surface area contributed by atoms with E-state index in [1.54, 1.807) is 0 Å². The number of fused-ring (bicyclic) bond motifs is 1. The van der Waals surface area contributed by atoms with Crippen LogP contribution in [0.15, 0.2) is 11.1 Å². The fraction of sp³-hybridized carbons (Fsp3) is 0.750. The Morgan fingerprint density at radius 1 is 1.43 bits per heavy atom. The Hall–Kier alpha value is -0.630. The van der Waals surface area contributed by atoms with Crippen LogP contribution in [-0.2, 0) is 9.53 Å². The molecule has 2 nitrogen and oxygen atoms in total. The molecule has 2 rings (SSSR count). The lowest BCUT2D eigenvalue weighted by molar-refractivity contribution is -0.115. The maximum absolute atomic E-state index is 11.7. The Balaban J connectivity index is 2.00. The van der Waals surface area contributed by atoms with Gasteiger partial charge < -0.3 is 4.74 Å². The molecule has 0 N–H and O–H groups in total. The number of hydrogen-bond acceptors (Lipinski definition) is 2. The highest BCUT2D eigenvalue weighted by atomic mass is 16.5. The van der Waals surface area contributed by atoms with Crippen molar-refractivity contribution in [3.63, 3.8) is 0 Å². The van der Waals surface area contributed by atoms with Crippen molar-refractivity contribution in [1.29, 1.82) is 0 Å². The first-order valence-electron chi connectivity index (χ1n) is 5.65. The summed E-state index contributed by atoms with van der Waals surface area (Å²) in [6, 6.07) is 0. The molecule has 0 radical (unpaired) electrons. The normalized spacial score (nSPS) is 26.1. The molecule has 0 aromatic rings. The van der Waals surface area contributed by atoms with Crippen molar-refractivity contribution in [2.45, 2.75) is 39.0 Å². The number of rotatable bonds is 4. The molecule has 2 aliphatic rings. The topological polar surface area (TPSA) is 26.3 Å². The second kappa shape index (κ2) is 4.26. The predicted octanol–water partition coefficient (Wildman–Crippen LogP) is 2.48. The van der Waals surface area contributed by atoms with E-state index in [2.05, 4.69) is 6.92 Å². The summed E-state index contributed by atoms with van der Waals surface area (Å²) >= 11 is 0. The lowest BCUT2D eigenvalue weighted by Gasteiger charge is -2.02. The second-order valence-electron chi connectivity index (χ2n) is 4.30. The summed E-state index contributed by atoms with van der Waals surface area (Å²) in [6.07, 6.45) is 5.32. The van der Waals surface area contributed by atoms with E-state index in [9.17, 15) is 4.79 Å². The van der Waals surface area contributed by atoms with E-state index in [0.717, 1.165) is 38.0 Å². The van der Waals surface area contributed by atoms with Gasteiger partial charge in [0.2, 0.25) is 0 Å². The number of unbranched alkanes of at least 4 members (excludes halogenated alkanes) is 2. The third kappa shape index (κ3) is 1.76. The second-order valence-corrected chi connectivity index (χ2v) is 4.30. The Morgan fingerprint density at radius 3 is 3.07 bits per heavy atom. The number of ketones is 1. The Kier molecular flexibility index (Phi) is 3.02. The summed E-state index contributed by atoms with van der Waals surface area (Å²) < 4.78 is 5.39. The molecular weight excluding hydrogens is 176 g/mol. The quantitative estimate of drug-likeness (QED) is 0.643. The zero-order valence-corrected chi connectivity index (χ0v) is 8.84. The number of carbonyl (C=O) groups is 1. The number of hydrogen-bond donors (Lipinski definition) is 0. The molecule has 1 saturated heterocycles. The average Bonchev–Trinajstić information content (AvgIpc) is 2.69. The van der Waals surface area contributed by atoms with Gasteiger partial charge in [-0.15, -0.1) is 0 Å². The van der Waals surface area contributed by atoms with Crippen LogP contribution in [-0.4, -0.2) is 19.0 Å². The third-order valence-corrected chi connectivity index (χ3v) is 3.26. The maximum Gasteiger partial charge on any atom is 0.159 e. The highest BCUT2D eigenvalue weighted by Gasteiger charge is 2.35. The van der Waals surface area contributed by atoms with Gasteiger partial charge in [0.15, 0.2) is 5.78 Å². The van der Waals surface area contributed by atoms with Crippen molar-refractivity contribution in [1.82, 2.24) is 0 Å². The molecule has 78 valence electrons. The SMILES string of the molecule is CCCCCC1=C2COCC2CC1=O. The van der Waals surface area contributed by atoms with E-state index >= 15 is 0 Å². The van der Waals surface area contributed by atoms with Crippen molar-refractivity contribution in [3.05, 3.63) is 11.1 Å². The monoisotopic (exact) mass is 194 g/mol. The highest BCUT2D eigenvalue weighted by Crippen LogP contribution is 2.36. The van der Waals surface area contributed by atoms with E-state index in [-0.39, 0.29) is 0 Å². The number of ether oxygens (including phenoxy) is 1. The van der Waals surface area contributed by atoms with Crippen LogP contribution >= 0.6 is 0 Å². The summed E-state index contributed by atoms with van der Waals surface area (Å²) in [4.78, 5) is 11.7. The van der Waals surface area contributed by atoms with Crippen molar-refractivity contribution in [2.24, 2.45) is 5.92 Å². The zero-order chi connectivity index (χ0) is 9.97. The van der Waals surface area contributed by atoms with Crippen LogP contribution in [0.4, 0.5) is 0 Å². The van der Waals surface area contributed by atoms with Crippen LogP contribution in [0, 0.1) is 5.92 Å². The van der Waals surface area contributed by atoms with Crippen LogP contribution in [0.5, 0.6) is 0 Å². The molecule has 0 spiro atoms. The van der Waals surface area contributed by atoms with E-state index in [4.69, 9.17) is 4.74 Å². The van der Waals surface area contributed by atoms with Gasteiger partial charge >= 0.3 is 0 Å². The Morgan fingerprint density at radius 2 is 2.29 bits per heavy atom. The molecular formula is C12H18O2. The van der Waals surface area contributed by atoms with Crippen LogP contribution in [0.3, 0.4) is 0 Å². The van der Waals surface area contributed by atoms with E-state index < -0.39 is 0 Å². The lowest BCUT2D eigenvalue weighted by Crippen LogP contribution is -2.01. The minimum absolute atomic E-state index is 0.393. The molecule has 1 unspecified atom stereocenters. The fourth-order valence-corrected chi connectivity index (χ4v) is 2.42. The van der Waals surface area contributed by atoms with Crippen LogP contribution in [0.25, 0.3) is 0 Å². The lowest BCUT2D eigenvalue weighted by atomic mass is 10.0.